The summed E-state index contributed by atoms with van der Waals surface area (Å²) in [6.07, 6.45) is -1.01. The van der Waals surface area contributed by atoms with Gasteiger partial charge in [0.1, 0.15) is 29.8 Å². The van der Waals surface area contributed by atoms with Crippen molar-refractivity contribution in [2.75, 3.05) is 7.11 Å². The number of ether oxygens (including phenoxy) is 3. The summed E-state index contributed by atoms with van der Waals surface area (Å²) in [5.74, 6) is -0.325. The molecule has 0 fully saturated rings. The van der Waals surface area contributed by atoms with Crippen molar-refractivity contribution in [3.8, 4) is 11.5 Å². The molecule has 4 aromatic rings. The number of carbonyl (C=O) groups excluding carboxylic acids is 1. The van der Waals surface area contributed by atoms with Crippen LogP contribution in [-0.2, 0) is 16.1 Å². The van der Waals surface area contributed by atoms with Crippen LogP contribution in [-0.4, -0.2) is 18.9 Å². The molecule has 1 aromatic heterocycles. The number of hydrogen-bond acceptors (Lipinski definition) is 6. The number of thiophene rings is 1. The second-order valence-electron chi connectivity index (χ2n) is 7.33. The molecular formula is C25H20ClFN2O4S. The minimum atomic E-state index is -1.01. The van der Waals surface area contributed by atoms with Gasteiger partial charge in [-0.25, -0.2) is 9.18 Å². The van der Waals surface area contributed by atoms with Crippen molar-refractivity contribution >= 4 is 44.8 Å². The van der Waals surface area contributed by atoms with Crippen molar-refractivity contribution in [1.82, 2.24) is 0 Å². The SMILES string of the molecule is COC(=O)C(Oc1cc(OCc2ccc(F)c(Cl)c2)cc2sc(C(=N)N)cc12)c1ccccc1. The first-order valence-electron chi connectivity index (χ1n) is 10.1. The number of halogens is 2. The topological polar surface area (TPSA) is 94.6 Å². The summed E-state index contributed by atoms with van der Waals surface area (Å²) in [5, 5.41) is 8.48. The minimum Gasteiger partial charge on any atom is -0.489 e. The highest BCUT2D eigenvalue weighted by molar-refractivity contribution is 7.20. The van der Waals surface area contributed by atoms with Crippen LogP contribution in [0.25, 0.3) is 10.1 Å². The first kappa shape index (κ1) is 23.5. The summed E-state index contributed by atoms with van der Waals surface area (Å²) in [7, 11) is 1.29. The highest BCUT2D eigenvalue weighted by atomic mass is 35.5. The van der Waals surface area contributed by atoms with Gasteiger partial charge in [-0.15, -0.1) is 11.3 Å². The second kappa shape index (κ2) is 10.1. The van der Waals surface area contributed by atoms with Crippen molar-refractivity contribution in [3.63, 3.8) is 0 Å². The lowest BCUT2D eigenvalue weighted by Gasteiger charge is -2.19. The number of carbonyl (C=O) groups is 1. The normalized spacial score (nSPS) is 11.7. The third-order valence-corrected chi connectivity index (χ3v) is 6.40. The van der Waals surface area contributed by atoms with Gasteiger partial charge in [-0.2, -0.15) is 0 Å². The third kappa shape index (κ3) is 5.13. The Labute approximate surface area is 204 Å². The van der Waals surface area contributed by atoms with E-state index in [1.165, 1.54) is 30.6 Å². The van der Waals surface area contributed by atoms with Gasteiger partial charge < -0.3 is 19.9 Å². The fraction of sp³-hybridized carbons (Fsp3) is 0.120. The Kier molecular flexibility index (Phi) is 7.00. The molecular weight excluding hydrogens is 479 g/mol. The monoisotopic (exact) mass is 498 g/mol. The fourth-order valence-corrected chi connectivity index (χ4v) is 4.48. The predicted molar refractivity (Wildman–Crippen MR) is 130 cm³/mol. The Bertz CT molecular complexity index is 1360. The molecule has 0 aliphatic heterocycles. The molecule has 0 saturated heterocycles. The number of methoxy groups -OCH3 is 1. The molecule has 3 N–H and O–H groups in total. The average molecular weight is 499 g/mol. The van der Waals surface area contributed by atoms with E-state index in [-0.39, 0.29) is 17.5 Å². The van der Waals surface area contributed by atoms with E-state index in [1.807, 2.05) is 6.07 Å². The van der Waals surface area contributed by atoms with E-state index in [2.05, 4.69) is 0 Å². The second-order valence-corrected chi connectivity index (χ2v) is 8.82. The van der Waals surface area contributed by atoms with Gasteiger partial charge in [-0.1, -0.05) is 48.0 Å². The number of nitrogens with one attached hydrogen (secondary N) is 1. The van der Waals surface area contributed by atoms with Crippen LogP contribution in [0, 0.1) is 11.2 Å². The van der Waals surface area contributed by atoms with Crippen LogP contribution < -0.4 is 15.2 Å². The third-order valence-electron chi connectivity index (χ3n) is 4.99. The van der Waals surface area contributed by atoms with E-state index in [1.54, 1.807) is 48.5 Å². The van der Waals surface area contributed by atoms with Crippen molar-refractivity contribution in [1.29, 1.82) is 5.41 Å². The van der Waals surface area contributed by atoms with E-state index in [4.69, 9.17) is 37.0 Å². The molecule has 6 nitrogen and oxygen atoms in total. The number of nitrogens with two attached hydrogens (primary N) is 1. The molecule has 0 bridgehead atoms. The molecule has 0 amide bonds. The smallest absolute Gasteiger partial charge is 0.351 e. The maximum Gasteiger partial charge on any atom is 0.351 e. The number of hydrogen-bond donors (Lipinski definition) is 2. The number of benzene rings is 3. The van der Waals surface area contributed by atoms with Crippen LogP contribution in [0.2, 0.25) is 5.02 Å². The van der Waals surface area contributed by atoms with Gasteiger partial charge in [0.05, 0.1) is 17.0 Å². The van der Waals surface area contributed by atoms with Crippen LogP contribution in [0.1, 0.15) is 22.1 Å². The van der Waals surface area contributed by atoms with Gasteiger partial charge >= 0.3 is 5.97 Å². The predicted octanol–water partition coefficient (Wildman–Crippen LogP) is 5.85. The van der Waals surface area contributed by atoms with Gasteiger partial charge in [-0.05, 0) is 29.8 Å². The van der Waals surface area contributed by atoms with Crippen molar-refractivity contribution < 1.29 is 23.4 Å². The summed E-state index contributed by atoms with van der Waals surface area (Å²) in [5.41, 5.74) is 7.00. The molecule has 0 radical (unpaired) electrons. The average Bonchev–Trinajstić information content (AvgIpc) is 3.28. The largest absolute Gasteiger partial charge is 0.489 e. The molecule has 4 rings (SSSR count). The zero-order valence-electron chi connectivity index (χ0n) is 18.0. The lowest BCUT2D eigenvalue weighted by Crippen LogP contribution is -2.20. The molecule has 34 heavy (non-hydrogen) atoms. The highest BCUT2D eigenvalue weighted by Crippen LogP contribution is 2.39. The summed E-state index contributed by atoms with van der Waals surface area (Å²) < 4.78 is 31.3. The molecule has 1 heterocycles. The van der Waals surface area contributed by atoms with Crippen LogP contribution in [0.3, 0.4) is 0 Å². The Morgan fingerprint density at radius 1 is 1.15 bits per heavy atom. The Hall–Kier alpha value is -3.62. The molecule has 3 aromatic carbocycles. The molecule has 174 valence electrons. The molecule has 0 spiro atoms. The van der Waals surface area contributed by atoms with Gasteiger partial charge in [0.2, 0.25) is 6.10 Å². The van der Waals surface area contributed by atoms with E-state index < -0.39 is 17.9 Å². The summed E-state index contributed by atoms with van der Waals surface area (Å²) in [6, 6.07) is 18.5. The first-order chi connectivity index (χ1) is 16.4. The van der Waals surface area contributed by atoms with E-state index >= 15 is 0 Å². The summed E-state index contributed by atoms with van der Waals surface area (Å²) in [6.45, 7) is 0.134. The summed E-state index contributed by atoms with van der Waals surface area (Å²) >= 11 is 7.17. The number of fused-ring (bicyclic) bond motifs is 1. The van der Waals surface area contributed by atoms with E-state index in [0.29, 0.717) is 32.9 Å². The summed E-state index contributed by atoms with van der Waals surface area (Å²) in [4.78, 5) is 13.1. The molecule has 1 atom stereocenters. The molecule has 1 unspecified atom stereocenters. The maximum atomic E-state index is 13.5. The molecule has 0 aliphatic rings. The van der Waals surface area contributed by atoms with E-state index in [0.717, 1.165) is 4.70 Å². The highest BCUT2D eigenvalue weighted by Gasteiger charge is 2.25. The molecule has 9 heteroatoms. The van der Waals surface area contributed by atoms with Crippen molar-refractivity contribution in [2.24, 2.45) is 5.73 Å². The van der Waals surface area contributed by atoms with Gasteiger partial charge in [0, 0.05) is 21.7 Å². The fourth-order valence-electron chi connectivity index (χ4n) is 3.31. The standard InChI is InChI=1S/C25H20ClFN2O4S/c1-31-25(30)23(15-5-3-2-4-6-15)33-20-10-16(11-21-17(20)12-22(34-21)24(28)29)32-13-14-7-8-19(27)18(26)9-14/h2-12,23H,13H2,1H3,(H3,28,29). The number of rotatable bonds is 8. The van der Waals surface area contributed by atoms with Crippen molar-refractivity contribution in [3.05, 3.63) is 93.6 Å². The zero-order chi connectivity index (χ0) is 24.2. The number of esters is 1. The first-order valence-corrected chi connectivity index (χ1v) is 11.3. The Balaban J connectivity index is 1.71. The lowest BCUT2D eigenvalue weighted by molar-refractivity contribution is -0.149. The zero-order valence-corrected chi connectivity index (χ0v) is 19.6. The Morgan fingerprint density at radius 2 is 1.91 bits per heavy atom. The van der Waals surface area contributed by atoms with Gasteiger partial charge in [0.25, 0.3) is 0 Å². The Morgan fingerprint density at radius 3 is 2.59 bits per heavy atom. The van der Waals surface area contributed by atoms with Crippen LogP contribution in [0.4, 0.5) is 4.39 Å². The van der Waals surface area contributed by atoms with Crippen molar-refractivity contribution in [2.45, 2.75) is 12.7 Å². The number of amidine groups is 1. The van der Waals surface area contributed by atoms with Gasteiger partial charge in [0.15, 0.2) is 0 Å². The van der Waals surface area contributed by atoms with Crippen LogP contribution in [0.15, 0.2) is 66.7 Å². The van der Waals surface area contributed by atoms with E-state index in [9.17, 15) is 9.18 Å². The van der Waals surface area contributed by atoms with Crippen LogP contribution in [0.5, 0.6) is 11.5 Å². The van der Waals surface area contributed by atoms with Crippen LogP contribution >= 0.6 is 22.9 Å². The lowest BCUT2D eigenvalue weighted by atomic mass is 10.1. The van der Waals surface area contributed by atoms with Gasteiger partial charge in [-0.3, -0.25) is 5.41 Å². The molecule has 0 aliphatic carbocycles. The maximum absolute atomic E-state index is 13.5. The molecule has 0 saturated carbocycles. The quantitative estimate of drug-likeness (QED) is 0.180. The number of nitrogen functional groups attached to an aromatic ring is 1. The minimum absolute atomic E-state index is 0.00807.